The molecule has 1 aliphatic heterocycles. The fraction of sp³-hybridized carbons (Fsp3) is 0.833. The van der Waals surface area contributed by atoms with Crippen molar-refractivity contribution in [1.82, 2.24) is 15.1 Å². The molecule has 0 radical (unpaired) electrons. The molecule has 6 nitrogen and oxygen atoms in total. The molecule has 1 saturated carbocycles. The Morgan fingerprint density at radius 1 is 1.28 bits per heavy atom. The minimum absolute atomic E-state index is 0.250. The Labute approximate surface area is 107 Å². The first kappa shape index (κ1) is 13.1. The number of carboxylic acid groups (broad SMARTS) is 1. The molecule has 0 unspecified atom stereocenters. The molecule has 1 heterocycles. The summed E-state index contributed by atoms with van der Waals surface area (Å²) < 4.78 is 0. The summed E-state index contributed by atoms with van der Waals surface area (Å²) in [6, 6.07) is -0.295. The lowest BCUT2D eigenvalue weighted by Gasteiger charge is -2.35. The molecule has 0 bridgehead atoms. The van der Waals surface area contributed by atoms with E-state index in [-0.39, 0.29) is 6.03 Å². The summed E-state index contributed by atoms with van der Waals surface area (Å²) in [6.07, 6.45) is 2.97. The monoisotopic (exact) mass is 255 g/mol. The van der Waals surface area contributed by atoms with Crippen molar-refractivity contribution in [2.24, 2.45) is 0 Å². The number of nitrogens with one attached hydrogen (secondary N) is 1. The van der Waals surface area contributed by atoms with E-state index in [0.29, 0.717) is 19.5 Å². The number of carboxylic acids is 1. The van der Waals surface area contributed by atoms with Gasteiger partial charge in [-0.3, -0.25) is 4.90 Å². The van der Waals surface area contributed by atoms with Crippen LogP contribution >= 0.6 is 0 Å². The number of carbonyl (C=O) groups is 2. The molecular weight excluding hydrogens is 234 g/mol. The van der Waals surface area contributed by atoms with E-state index in [9.17, 15) is 9.59 Å². The summed E-state index contributed by atoms with van der Waals surface area (Å²) in [5, 5.41) is 11.5. The maximum Gasteiger partial charge on any atom is 0.326 e. The molecule has 18 heavy (non-hydrogen) atoms. The number of urea groups is 1. The van der Waals surface area contributed by atoms with Crippen LogP contribution in [0, 0.1) is 0 Å². The molecule has 102 valence electrons. The quantitative estimate of drug-likeness (QED) is 0.760. The van der Waals surface area contributed by atoms with Gasteiger partial charge in [-0.15, -0.1) is 0 Å². The van der Waals surface area contributed by atoms with Gasteiger partial charge in [-0.1, -0.05) is 6.92 Å². The van der Waals surface area contributed by atoms with Gasteiger partial charge >= 0.3 is 12.0 Å². The topological polar surface area (TPSA) is 72.9 Å². The lowest BCUT2D eigenvalue weighted by atomic mass is 10.2. The molecule has 0 aromatic rings. The van der Waals surface area contributed by atoms with E-state index in [1.807, 2.05) is 0 Å². The number of hydrogen-bond donors (Lipinski definition) is 2. The summed E-state index contributed by atoms with van der Waals surface area (Å²) in [5.74, 6) is -0.970. The van der Waals surface area contributed by atoms with Crippen molar-refractivity contribution < 1.29 is 14.7 Å². The molecule has 2 amide bonds. The second kappa shape index (κ2) is 5.56. The van der Waals surface area contributed by atoms with Crippen LogP contribution in [0.4, 0.5) is 4.79 Å². The van der Waals surface area contributed by atoms with Gasteiger partial charge in [0.2, 0.25) is 0 Å². The highest BCUT2D eigenvalue weighted by Crippen LogP contribution is 2.27. The van der Waals surface area contributed by atoms with Gasteiger partial charge in [0.1, 0.15) is 6.04 Å². The fourth-order valence-electron chi connectivity index (χ4n) is 2.31. The molecule has 0 aromatic carbocycles. The van der Waals surface area contributed by atoms with Gasteiger partial charge in [0, 0.05) is 32.2 Å². The second-order valence-electron chi connectivity index (χ2n) is 5.00. The van der Waals surface area contributed by atoms with E-state index in [2.05, 4.69) is 10.2 Å². The van der Waals surface area contributed by atoms with E-state index in [1.165, 1.54) is 12.8 Å². The number of nitrogens with zero attached hydrogens (tertiary/aromatic N) is 2. The van der Waals surface area contributed by atoms with Gasteiger partial charge in [-0.2, -0.15) is 0 Å². The maximum absolute atomic E-state index is 11.9. The standard InChI is InChI=1S/C12H21N3O3/c1-2-10(11(16)17)13-12(18)15-7-5-14(6-8-15)9-3-4-9/h9-10H,2-8H2,1H3,(H,13,18)(H,16,17)/t10-/m1/s1. The minimum Gasteiger partial charge on any atom is -0.480 e. The zero-order valence-corrected chi connectivity index (χ0v) is 10.8. The predicted molar refractivity (Wildman–Crippen MR) is 66.4 cm³/mol. The van der Waals surface area contributed by atoms with Gasteiger partial charge in [0.15, 0.2) is 0 Å². The van der Waals surface area contributed by atoms with Crippen molar-refractivity contribution in [2.45, 2.75) is 38.3 Å². The van der Waals surface area contributed by atoms with Crippen LogP contribution in [0.25, 0.3) is 0 Å². The Morgan fingerprint density at radius 2 is 1.89 bits per heavy atom. The van der Waals surface area contributed by atoms with Gasteiger partial charge in [0.05, 0.1) is 0 Å². The smallest absolute Gasteiger partial charge is 0.326 e. The van der Waals surface area contributed by atoms with E-state index in [4.69, 9.17) is 5.11 Å². The summed E-state index contributed by atoms with van der Waals surface area (Å²) in [6.45, 7) is 4.95. The minimum atomic E-state index is -0.970. The summed E-state index contributed by atoms with van der Waals surface area (Å²) in [4.78, 5) is 26.9. The molecule has 6 heteroatoms. The third-order valence-electron chi connectivity index (χ3n) is 3.67. The molecule has 2 rings (SSSR count). The lowest BCUT2D eigenvalue weighted by molar-refractivity contribution is -0.139. The highest BCUT2D eigenvalue weighted by atomic mass is 16.4. The average molecular weight is 255 g/mol. The Kier molecular flexibility index (Phi) is 4.06. The molecule has 1 aliphatic carbocycles. The normalized spacial score (nSPS) is 22.6. The fourth-order valence-corrected chi connectivity index (χ4v) is 2.31. The maximum atomic E-state index is 11.9. The van der Waals surface area contributed by atoms with Crippen LogP contribution in [0.2, 0.25) is 0 Å². The first-order chi connectivity index (χ1) is 8.61. The molecule has 2 N–H and O–H groups in total. The van der Waals surface area contributed by atoms with Crippen molar-refractivity contribution in [1.29, 1.82) is 0 Å². The first-order valence-electron chi connectivity index (χ1n) is 6.64. The highest BCUT2D eigenvalue weighted by Gasteiger charge is 2.32. The van der Waals surface area contributed by atoms with Crippen LogP contribution in [0.3, 0.4) is 0 Å². The first-order valence-corrected chi connectivity index (χ1v) is 6.64. The van der Waals surface area contributed by atoms with Gasteiger partial charge < -0.3 is 15.3 Å². The SMILES string of the molecule is CC[C@@H](NC(=O)N1CCN(C2CC2)CC1)C(=O)O. The third-order valence-corrected chi connectivity index (χ3v) is 3.67. The Bertz CT molecular complexity index is 323. The van der Waals surface area contributed by atoms with Crippen molar-refractivity contribution in [3.05, 3.63) is 0 Å². The largest absolute Gasteiger partial charge is 0.480 e. The van der Waals surface area contributed by atoms with Gasteiger partial charge in [-0.05, 0) is 19.3 Å². The molecule has 2 fully saturated rings. The Morgan fingerprint density at radius 3 is 2.33 bits per heavy atom. The van der Waals surface area contributed by atoms with Crippen molar-refractivity contribution in [3.8, 4) is 0 Å². The summed E-state index contributed by atoms with van der Waals surface area (Å²) >= 11 is 0. The summed E-state index contributed by atoms with van der Waals surface area (Å²) in [5.41, 5.74) is 0. The van der Waals surface area contributed by atoms with Gasteiger partial charge in [0.25, 0.3) is 0 Å². The number of carbonyl (C=O) groups excluding carboxylic acids is 1. The zero-order chi connectivity index (χ0) is 13.1. The zero-order valence-electron chi connectivity index (χ0n) is 10.8. The number of rotatable bonds is 4. The van der Waals surface area contributed by atoms with Crippen molar-refractivity contribution in [2.75, 3.05) is 26.2 Å². The van der Waals surface area contributed by atoms with E-state index in [1.54, 1.807) is 11.8 Å². The van der Waals surface area contributed by atoms with Crippen LogP contribution < -0.4 is 5.32 Å². The second-order valence-corrected chi connectivity index (χ2v) is 5.00. The Balaban J connectivity index is 1.77. The van der Waals surface area contributed by atoms with Crippen molar-refractivity contribution >= 4 is 12.0 Å². The number of hydrogen-bond acceptors (Lipinski definition) is 3. The summed E-state index contributed by atoms with van der Waals surface area (Å²) in [7, 11) is 0. The molecule has 2 aliphatic rings. The molecule has 1 saturated heterocycles. The van der Waals surface area contributed by atoms with E-state index >= 15 is 0 Å². The number of aliphatic carboxylic acids is 1. The molecular formula is C12H21N3O3. The lowest BCUT2D eigenvalue weighted by Crippen LogP contribution is -2.54. The predicted octanol–water partition coefficient (Wildman–Crippen LogP) is 0.339. The van der Waals surface area contributed by atoms with Crippen LogP contribution in [0.1, 0.15) is 26.2 Å². The van der Waals surface area contributed by atoms with Crippen LogP contribution in [0.5, 0.6) is 0 Å². The number of amides is 2. The highest BCUT2D eigenvalue weighted by molar-refractivity contribution is 5.82. The third kappa shape index (κ3) is 3.13. The average Bonchev–Trinajstić information content (AvgIpc) is 3.19. The van der Waals surface area contributed by atoms with Crippen LogP contribution in [-0.2, 0) is 4.79 Å². The molecule has 0 aromatic heterocycles. The number of piperazine rings is 1. The molecule has 0 spiro atoms. The van der Waals surface area contributed by atoms with Crippen LogP contribution in [0.15, 0.2) is 0 Å². The van der Waals surface area contributed by atoms with E-state index < -0.39 is 12.0 Å². The van der Waals surface area contributed by atoms with Crippen LogP contribution in [-0.4, -0.2) is 65.2 Å². The van der Waals surface area contributed by atoms with E-state index in [0.717, 1.165) is 19.1 Å². The van der Waals surface area contributed by atoms with Gasteiger partial charge in [-0.25, -0.2) is 9.59 Å². The Hall–Kier alpha value is -1.30. The van der Waals surface area contributed by atoms with Crippen molar-refractivity contribution in [3.63, 3.8) is 0 Å². The molecule has 1 atom stereocenters.